The van der Waals surface area contributed by atoms with Gasteiger partial charge in [0, 0.05) is 45.2 Å². The van der Waals surface area contributed by atoms with Gasteiger partial charge in [0.05, 0.1) is 0 Å². The summed E-state index contributed by atoms with van der Waals surface area (Å²) < 4.78 is 0. The summed E-state index contributed by atoms with van der Waals surface area (Å²) in [6.07, 6.45) is 0. The number of hydrogen-bond donors (Lipinski definition) is 0. The van der Waals surface area contributed by atoms with Crippen molar-refractivity contribution in [3.63, 3.8) is 0 Å². The van der Waals surface area contributed by atoms with Gasteiger partial charge in [0.2, 0.25) is 0 Å². The molecule has 3 aliphatic rings. The lowest BCUT2D eigenvalue weighted by Crippen LogP contribution is -2.27. The van der Waals surface area contributed by atoms with Gasteiger partial charge in [-0.05, 0) is 90.0 Å². The van der Waals surface area contributed by atoms with E-state index < -0.39 is 0 Å². The fourth-order valence-corrected chi connectivity index (χ4v) is 12.2. The van der Waals surface area contributed by atoms with Gasteiger partial charge in [-0.2, -0.15) is 0 Å². The Labute approximate surface area is 464 Å². The summed E-state index contributed by atoms with van der Waals surface area (Å²) in [7, 11) is 0. The van der Waals surface area contributed by atoms with Crippen LogP contribution in [0.2, 0.25) is 0 Å². The minimum atomic E-state index is 0.0322. The quantitative estimate of drug-likeness (QED) is 0.136. The van der Waals surface area contributed by atoms with Crippen molar-refractivity contribution in [1.29, 1.82) is 0 Å². The van der Waals surface area contributed by atoms with E-state index in [9.17, 15) is 0 Å². The number of rotatable bonds is 10. The predicted octanol–water partition coefficient (Wildman–Crippen LogP) is 17.7. The summed E-state index contributed by atoms with van der Waals surface area (Å²) >= 11 is 0. The Balaban J connectivity index is 0.836. The standard InChI is InChI=1S/C74H48N6/c1-5-23-47(24-6-1)53-31-13-19-37-61(53)71-75-69(49-27-9-3-10-28-49)77-73(79-71)63-39-21-15-33-55(63)51-41-43-59-65(45-51)67-57-35-17-18-36-58(57)68(59)66-46-52(42-44-60(66)67)56-34-16-22-40-64(56)74-78-70(50-29-11-4-12-30-50)76-72(80-74)62-38-20-14-32-54(62)48-25-7-2-8-26-48/h1-46,67-68H. The van der Waals surface area contributed by atoms with Gasteiger partial charge in [-0.3, -0.25) is 0 Å². The van der Waals surface area contributed by atoms with Crippen LogP contribution >= 0.6 is 0 Å². The fourth-order valence-electron chi connectivity index (χ4n) is 12.2. The lowest BCUT2D eigenvalue weighted by Gasteiger charge is -2.42. The number of nitrogens with zero attached hydrogens (tertiary/aromatic N) is 6. The van der Waals surface area contributed by atoms with Crippen LogP contribution in [0.15, 0.2) is 279 Å². The Kier molecular flexibility index (Phi) is 11.6. The molecule has 2 atom stereocenters. The van der Waals surface area contributed by atoms with Crippen LogP contribution in [0.1, 0.15) is 45.2 Å². The van der Waals surface area contributed by atoms with Crippen molar-refractivity contribution in [2.75, 3.05) is 0 Å². The van der Waals surface area contributed by atoms with Crippen molar-refractivity contribution in [2.24, 2.45) is 0 Å². The second-order valence-corrected chi connectivity index (χ2v) is 20.4. The molecule has 2 unspecified atom stereocenters. The molecule has 0 spiro atoms. The highest BCUT2D eigenvalue weighted by atomic mass is 15.0. The third kappa shape index (κ3) is 8.21. The summed E-state index contributed by atoms with van der Waals surface area (Å²) in [5.74, 6) is 3.81. The van der Waals surface area contributed by atoms with Gasteiger partial charge >= 0.3 is 0 Å². The van der Waals surface area contributed by atoms with Gasteiger partial charge in [0.1, 0.15) is 0 Å². The van der Waals surface area contributed by atoms with E-state index in [4.69, 9.17) is 29.9 Å². The van der Waals surface area contributed by atoms with Crippen molar-refractivity contribution in [1.82, 2.24) is 29.9 Å². The normalized spacial score (nSPS) is 13.8. The lowest BCUT2D eigenvalue weighted by atomic mass is 9.60. The highest BCUT2D eigenvalue weighted by molar-refractivity contribution is 5.88. The maximum absolute atomic E-state index is 5.33. The molecule has 11 aromatic carbocycles. The van der Waals surface area contributed by atoms with Gasteiger partial charge in [-0.25, -0.2) is 29.9 Å². The first-order valence-corrected chi connectivity index (χ1v) is 27.2. The van der Waals surface area contributed by atoms with Crippen molar-refractivity contribution in [3.8, 4) is 113 Å². The number of benzene rings is 11. The molecule has 6 heteroatoms. The molecule has 2 aromatic heterocycles. The Morgan fingerprint density at radius 1 is 0.163 bits per heavy atom. The molecular weight excluding hydrogens is 973 g/mol. The molecule has 0 aliphatic heterocycles. The summed E-state index contributed by atoms with van der Waals surface area (Å²) in [5, 5.41) is 0. The van der Waals surface area contributed by atoms with Crippen molar-refractivity contribution in [3.05, 3.63) is 312 Å². The minimum Gasteiger partial charge on any atom is -0.208 e. The van der Waals surface area contributed by atoms with E-state index in [0.29, 0.717) is 34.9 Å². The average Bonchev–Trinajstić information content (AvgIpc) is 3.71. The molecule has 13 aromatic rings. The smallest absolute Gasteiger partial charge is 0.164 e. The van der Waals surface area contributed by atoms with Crippen LogP contribution in [0.3, 0.4) is 0 Å². The molecule has 0 fully saturated rings. The van der Waals surface area contributed by atoms with E-state index in [-0.39, 0.29) is 11.8 Å². The molecule has 0 saturated heterocycles. The van der Waals surface area contributed by atoms with Crippen LogP contribution in [-0.4, -0.2) is 29.9 Å². The summed E-state index contributed by atoms with van der Waals surface area (Å²) in [6.45, 7) is 0. The Morgan fingerprint density at radius 3 is 0.725 bits per heavy atom. The van der Waals surface area contributed by atoms with E-state index in [2.05, 4.69) is 231 Å². The Bertz CT molecular complexity index is 4200. The van der Waals surface area contributed by atoms with Gasteiger partial charge in [0.15, 0.2) is 34.9 Å². The molecular formula is C74H48N6. The lowest BCUT2D eigenvalue weighted by molar-refractivity contribution is 0.755. The van der Waals surface area contributed by atoms with E-state index in [1.807, 2.05) is 48.5 Å². The summed E-state index contributed by atoms with van der Waals surface area (Å²) in [5.41, 5.74) is 22.3. The second kappa shape index (κ2) is 19.8. The summed E-state index contributed by atoms with van der Waals surface area (Å²) in [4.78, 5) is 31.5. The molecule has 374 valence electrons. The molecule has 0 saturated carbocycles. The van der Waals surface area contributed by atoms with Crippen LogP contribution in [0.25, 0.3) is 113 Å². The first-order valence-electron chi connectivity index (χ1n) is 27.2. The molecule has 2 bridgehead atoms. The molecule has 3 aliphatic carbocycles. The van der Waals surface area contributed by atoms with Crippen LogP contribution in [0.4, 0.5) is 0 Å². The molecule has 2 heterocycles. The molecule has 16 rings (SSSR count). The SMILES string of the molecule is c1ccc(-c2nc(-c3ccccc3-c3ccccc3)nc(-c3ccccc3-c3ccc4c(c3)C3c5ccccc5C4c4cc(-c5ccccc5-c5nc(-c6ccccc6)nc(-c6ccccc6-c6ccccc6)n5)ccc43)n2)cc1. The average molecular weight is 1020 g/mol. The molecule has 6 nitrogen and oxygen atoms in total. The van der Waals surface area contributed by atoms with Crippen LogP contribution in [0, 0.1) is 0 Å². The first-order chi connectivity index (χ1) is 39.7. The maximum Gasteiger partial charge on any atom is 0.164 e. The number of hydrogen-bond acceptors (Lipinski definition) is 6. The van der Waals surface area contributed by atoms with E-state index in [1.165, 1.54) is 33.4 Å². The predicted molar refractivity (Wildman–Crippen MR) is 322 cm³/mol. The van der Waals surface area contributed by atoms with E-state index >= 15 is 0 Å². The molecule has 0 amide bonds. The summed E-state index contributed by atoms with van der Waals surface area (Å²) in [6, 6.07) is 98.4. The van der Waals surface area contributed by atoms with Crippen LogP contribution in [-0.2, 0) is 0 Å². The number of aromatic nitrogens is 6. The van der Waals surface area contributed by atoms with Crippen molar-refractivity contribution in [2.45, 2.75) is 11.8 Å². The third-order valence-electron chi connectivity index (χ3n) is 15.8. The zero-order valence-corrected chi connectivity index (χ0v) is 43.4. The maximum atomic E-state index is 5.33. The third-order valence-corrected chi connectivity index (χ3v) is 15.8. The van der Waals surface area contributed by atoms with Crippen LogP contribution in [0.5, 0.6) is 0 Å². The Hall–Kier alpha value is -10.6. The zero-order chi connectivity index (χ0) is 52.9. The monoisotopic (exact) mass is 1020 g/mol. The topological polar surface area (TPSA) is 77.3 Å². The molecule has 80 heavy (non-hydrogen) atoms. The first kappa shape index (κ1) is 46.7. The zero-order valence-electron chi connectivity index (χ0n) is 43.4. The Morgan fingerprint density at radius 2 is 0.400 bits per heavy atom. The van der Waals surface area contributed by atoms with Crippen LogP contribution < -0.4 is 0 Å². The van der Waals surface area contributed by atoms with E-state index in [1.54, 1.807) is 0 Å². The largest absolute Gasteiger partial charge is 0.208 e. The van der Waals surface area contributed by atoms with Crippen molar-refractivity contribution < 1.29 is 0 Å². The van der Waals surface area contributed by atoms with Crippen molar-refractivity contribution >= 4 is 0 Å². The van der Waals surface area contributed by atoms with Gasteiger partial charge in [-0.1, -0.05) is 267 Å². The fraction of sp³-hybridized carbons (Fsp3) is 0.0270. The van der Waals surface area contributed by atoms with Gasteiger partial charge in [-0.15, -0.1) is 0 Å². The highest BCUT2D eigenvalue weighted by Gasteiger charge is 2.41. The molecule has 0 N–H and O–H groups in total. The van der Waals surface area contributed by atoms with Gasteiger partial charge < -0.3 is 0 Å². The molecule has 0 radical (unpaired) electrons. The van der Waals surface area contributed by atoms with E-state index in [0.717, 1.165) is 77.9 Å². The minimum absolute atomic E-state index is 0.0322. The highest BCUT2D eigenvalue weighted by Crippen LogP contribution is 2.57. The second-order valence-electron chi connectivity index (χ2n) is 20.4. The van der Waals surface area contributed by atoms with Gasteiger partial charge in [0.25, 0.3) is 0 Å².